The van der Waals surface area contributed by atoms with Crippen LogP contribution in [-0.2, 0) is 19.4 Å². The molecule has 1 aliphatic heterocycles. The third-order valence-corrected chi connectivity index (χ3v) is 3.26. The molecule has 0 atom stereocenters. The van der Waals surface area contributed by atoms with Gasteiger partial charge in [-0.15, -0.1) is 0 Å². The van der Waals surface area contributed by atoms with Gasteiger partial charge in [0.1, 0.15) is 11.0 Å². The number of nitrogens with one attached hydrogen (secondary N) is 1. The standard InChI is InChI=1S/C11H16ClN3O/c1-13-6-5-8-10(12)14-9-4-2-3-7-15(9)11(8)16/h13H,2-7H2,1H3. The predicted octanol–water partition coefficient (Wildman–Crippen LogP) is 0.995. The molecule has 1 aliphatic rings. The average Bonchev–Trinajstić information content (AvgIpc) is 2.29. The van der Waals surface area contributed by atoms with Gasteiger partial charge in [0, 0.05) is 13.0 Å². The van der Waals surface area contributed by atoms with Gasteiger partial charge in [-0.3, -0.25) is 9.36 Å². The maximum absolute atomic E-state index is 12.2. The summed E-state index contributed by atoms with van der Waals surface area (Å²) in [5, 5.41) is 3.40. The molecule has 4 nitrogen and oxygen atoms in total. The molecular weight excluding hydrogens is 226 g/mol. The topological polar surface area (TPSA) is 46.9 Å². The van der Waals surface area contributed by atoms with Crippen molar-refractivity contribution in [3.63, 3.8) is 0 Å². The molecule has 0 saturated carbocycles. The molecule has 2 rings (SSSR count). The van der Waals surface area contributed by atoms with Gasteiger partial charge < -0.3 is 5.32 Å². The van der Waals surface area contributed by atoms with Crippen LogP contribution in [0.1, 0.15) is 24.2 Å². The molecule has 1 N–H and O–H groups in total. The summed E-state index contributed by atoms with van der Waals surface area (Å²) in [7, 11) is 1.86. The molecule has 0 aromatic carbocycles. The van der Waals surface area contributed by atoms with E-state index in [1.54, 1.807) is 4.57 Å². The first-order chi connectivity index (χ1) is 7.74. The van der Waals surface area contributed by atoms with E-state index in [0.717, 1.165) is 38.2 Å². The molecule has 88 valence electrons. The van der Waals surface area contributed by atoms with E-state index < -0.39 is 0 Å². The van der Waals surface area contributed by atoms with Gasteiger partial charge in [-0.1, -0.05) is 11.6 Å². The number of rotatable bonds is 3. The van der Waals surface area contributed by atoms with E-state index >= 15 is 0 Å². The van der Waals surface area contributed by atoms with Crippen LogP contribution in [0.2, 0.25) is 5.15 Å². The number of halogens is 1. The summed E-state index contributed by atoms with van der Waals surface area (Å²) in [5.41, 5.74) is 0.687. The fraction of sp³-hybridized carbons (Fsp3) is 0.636. The fourth-order valence-corrected chi connectivity index (χ4v) is 2.32. The van der Waals surface area contributed by atoms with Crippen LogP contribution in [-0.4, -0.2) is 23.1 Å². The fourth-order valence-electron chi connectivity index (χ4n) is 2.04. The minimum absolute atomic E-state index is 0.0463. The summed E-state index contributed by atoms with van der Waals surface area (Å²) in [6.45, 7) is 1.53. The lowest BCUT2D eigenvalue weighted by Crippen LogP contribution is -2.32. The van der Waals surface area contributed by atoms with Gasteiger partial charge in [0.2, 0.25) is 0 Å². The average molecular weight is 242 g/mol. The number of aryl methyl sites for hydroxylation is 1. The predicted molar refractivity (Wildman–Crippen MR) is 64.1 cm³/mol. The van der Waals surface area contributed by atoms with Crippen molar-refractivity contribution in [3.05, 3.63) is 26.9 Å². The van der Waals surface area contributed by atoms with Crippen molar-refractivity contribution in [1.29, 1.82) is 0 Å². The van der Waals surface area contributed by atoms with Gasteiger partial charge in [-0.2, -0.15) is 0 Å². The van der Waals surface area contributed by atoms with Crippen molar-refractivity contribution in [1.82, 2.24) is 14.9 Å². The molecule has 0 saturated heterocycles. The van der Waals surface area contributed by atoms with Crippen molar-refractivity contribution < 1.29 is 0 Å². The van der Waals surface area contributed by atoms with E-state index in [4.69, 9.17) is 11.6 Å². The minimum Gasteiger partial charge on any atom is -0.319 e. The van der Waals surface area contributed by atoms with E-state index in [9.17, 15) is 4.79 Å². The molecule has 0 radical (unpaired) electrons. The second-order valence-electron chi connectivity index (χ2n) is 4.06. The molecule has 0 amide bonds. The first-order valence-electron chi connectivity index (χ1n) is 5.66. The van der Waals surface area contributed by atoms with Gasteiger partial charge in [0.05, 0.1) is 5.56 Å². The van der Waals surface area contributed by atoms with Crippen LogP contribution < -0.4 is 10.9 Å². The third-order valence-electron chi connectivity index (χ3n) is 2.95. The first kappa shape index (κ1) is 11.6. The molecule has 2 heterocycles. The number of nitrogens with zero attached hydrogens (tertiary/aromatic N) is 2. The minimum atomic E-state index is 0.0463. The van der Waals surface area contributed by atoms with Gasteiger partial charge >= 0.3 is 0 Å². The van der Waals surface area contributed by atoms with E-state index in [1.165, 1.54) is 0 Å². The number of hydrogen-bond acceptors (Lipinski definition) is 3. The van der Waals surface area contributed by atoms with Crippen LogP contribution in [0.25, 0.3) is 0 Å². The second kappa shape index (κ2) is 4.97. The van der Waals surface area contributed by atoms with Gasteiger partial charge in [-0.25, -0.2) is 4.98 Å². The Morgan fingerprint density at radius 2 is 2.31 bits per heavy atom. The molecule has 0 unspecified atom stereocenters. The second-order valence-corrected chi connectivity index (χ2v) is 4.42. The Balaban J connectivity index is 2.42. The zero-order valence-corrected chi connectivity index (χ0v) is 10.2. The zero-order valence-electron chi connectivity index (χ0n) is 9.42. The molecule has 0 aliphatic carbocycles. The van der Waals surface area contributed by atoms with Crippen LogP contribution in [0, 0.1) is 0 Å². The number of likely N-dealkylation sites (N-methyl/N-ethyl adjacent to an activating group) is 1. The van der Waals surface area contributed by atoms with Crippen LogP contribution in [0.15, 0.2) is 4.79 Å². The third kappa shape index (κ3) is 2.13. The number of hydrogen-bond donors (Lipinski definition) is 1. The summed E-state index contributed by atoms with van der Waals surface area (Å²) >= 11 is 6.05. The van der Waals surface area contributed by atoms with Crippen molar-refractivity contribution >= 4 is 11.6 Å². The Bertz CT molecular complexity index is 442. The van der Waals surface area contributed by atoms with E-state index in [2.05, 4.69) is 10.3 Å². The monoisotopic (exact) mass is 241 g/mol. The normalized spacial score (nSPS) is 14.9. The van der Waals surface area contributed by atoms with Gasteiger partial charge in [0.25, 0.3) is 5.56 Å². The van der Waals surface area contributed by atoms with Crippen LogP contribution in [0.4, 0.5) is 0 Å². The summed E-state index contributed by atoms with van der Waals surface area (Å²) in [6, 6.07) is 0. The van der Waals surface area contributed by atoms with Crippen LogP contribution in [0.3, 0.4) is 0 Å². The van der Waals surface area contributed by atoms with Gasteiger partial charge in [0.15, 0.2) is 0 Å². The highest BCUT2D eigenvalue weighted by molar-refractivity contribution is 6.30. The lowest BCUT2D eigenvalue weighted by atomic mass is 10.1. The molecule has 16 heavy (non-hydrogen) atoms. The summed E-state index contributed by atoms with van der Waals surface area (Å²) < 4.78 is 1.78. The Morgan fingerprint density at radius 1 is 1.50 bits per heavy atom. The Labute approximate surface area is 99.6 Å². The van der Waals surface area contributed by atoms with Crippen molar-refractivity contribution in [2.24, 2.45) is 0 Å². The molecular formula is C11H16ClN3O. The molecule has 1 aromatic heterocycles. The SMILES string of the molecule is CNCCc1c(Cl)nc2n(c1=O)CCCC2. The van der Waals surface area contributed by atoms with E-state index in [-0.39, 0.29) is 5.56 Å². The van der Waals surface area contributed by atoms with E-state index in [0.29, 0.717) is 17.1 Å². The van der Waals surface area contributed by atoms with Crippen molar-refractivity contribution in [3.8, 4) is 0 Å². The van der Waals surface area contributed by atoms with Crippen molar-refractivity contribution in [2.45, 2.75) is 32.2 Å². The number of fused-ring (bicyclic) bond motifs is 1. The summed E-state index contributed by atoms with van der Waals surface area (Å²) in [6.07, 6.45) is 3.66. The highest BCUT2D eigenvalue weighted by atomic mass is 35.5. The maximum Gasteiger partial charge on any atom is 0.258 e. The number of aromatic nitrogens is 2. The molecule has 0 bridgehead atoms. The smallest absolute Gasteiger partial charge is 0.258 e. The van der Waals surface area contributed by atoms with Crippen LogP contribution >= 0.6 is 11.6 Å². The van der Waals surface area contributed by atoms with E-state index in [1.807, 2.05) is 7.05 Å². The Hall–Kier alpha value is -0.870. The first-order valence-corrected chi connectivity index (χ1v) is 6.04. The molecule has 5 heteroatoms. The maximum atomic E-state index is 12.2. The highest BCUT2D eigenvalue weighted by Crippen LogP contribution is 2.15. The molecule has 0 spiro atoms. The zero-order chi connectivity index (χ0) is 11.5. The highest BCUT2D eigenvalue weighted by Gasteiger charge is 2.17. The molecule has 0 fully saturated rings. The van der Waals surface area contributed by atoms with Crippen molar-refractivity contribution in [2.75, 3.05) is 13.6 Å². The Morgan fingerprint density at radius 3 is 3.06 bits per heavy atom. The summed E-state index contributed by atoms with van der Waals surface area (Å²) in [5.74, 6) is 0.842. The lowest BCUT2D eigenvalue weighted by Gasteiger charge is -2.18. The Kier molecular flexibility index (Phi) is 3.61. The quantitative estimate of drug-likeness (QED) is 0.803. The van der Waals surface area contributed by atoms with Gasteiger partial charge in [-0.05, 0) is 32.9 Å². The summed E-state index contributed by atoms with van der Waals surface area (Å²) in [4.78, 5) is 16.5. The lowest BCUT2D eigenvalue weighted by molar-refractivity contribution is 0.491. The van der Waals surface area contributed by atoms with Crippen LogP contribution in [0.5, 0.6) is 0 Å². The largest absolute Gasteiger partial charge is 0.319 e. The molecule has 1 aromatic rings.